The molecule has 1 saturated heterocycles. The van der Waals surface area contributed by atoms with Gasteiger partial charge in [-0.15, -0.1) is 0 Å². The molecule has 2 saturated carbocycles. The molecule has 2 atom stereocenters. The average molecular weight is 308 g/mol. The van der Waals surface area contributed by atoms with E-state index >= 15 is 0 Å². The number of amides is 1. The third-order valence-electron chi connectivity index (χ3n) is 6.09. The standard InChI is InChI=1S/C17H28N2OS/c18-15(21)17(10-3-1-2-4-11-17)16(20)19-12-6-8-13-7-5-9-14(13)19/h13-14H,1-12H2,(H2,18,21). The molecule has 21 heavy (non-hydrogen) atoms. The van der Waals surface area contributed by atoms with E-state index in [1.807, 2.05) is 0 Å². The second kappa shape index (κ2) is 6.23. The largest absolute Gasteiger partial charge is 0.392 e. The summed E-state index contributed by atoms with van der Waals surface area (Å²) >= 11 is 5.38. The third-order valence-corrected chi connectivity index (χ3v) is 6.48. The summed E-state index contributed by atoms with van der Waals surface area (Å²) in [7, 11) is 0. The topological polar surface area (TPSA) is 46.3 Å². The van der Waals surface area contributed by atoms with Crippen LogP contribution in [0.15, 0.2) is 0 Å². The Bertz CT molecular complexity index is 415. The van der Waals surface area contributed by atoms with E-state index in [2.05, 4.69) is 4.90 Å². The summed E-state index contributed by atoms with van der Waals surface area (Å²) in [4.78, 5) is 16.0. The van der Waals surface area contributed by atoms with Crippen molar-refractivity contribution in [3.8, 4) is 0 Å². The number of thiocarbonyl (C=S) groups is 1. The molecule has 3 nitrogen and oxygen atoms in total. The molecule has 2 N–H and O–H groups in total. The highest BCUT2D eigenvalue weighted by molar-refractivity contribution is 7.80. The predicted molar refractivity (Wildman–Crippen MR) is 89.0 cm³/mol. The van der Waals surface area contributed by atoms with Gasteiger partial charge in [-0.1, -0.05) is 44.3 Å². The van der Waals surface area contributed by atoms with Gasteiger partial charge in [0.25, 0.3) is 0 Å². The molecule has 4 heteroatoms. The number of nitrogens with zero attached hydrogens (tertiary/aromatic N) is 1. The lowest BCUT2D eigenvalue weighted by Gasteiger charge is -2.43. The molecule has 0 radical (unpaired) electrons. The molecule has 0 aromatic carbocycles. The van der Waals surface area contributed by atoms with Crippen LogP contribution in [0.25, 0.3) is 0 Å². The molecule has 3 aliphatic rings. The van der Waals surface area contributed by atoms with Crippen LogP contribution in [0.5, 0.6) is 0 Å². The smallest absolute Gasteiger partial charge is 0.235 e. The molecule has 1 heterocycles. The minimum atomic E-state index is -0.531. The first-order valence-electron chi connectivity index (χ1n) is 8.76. The lowest BCUT2D eigenvalue weighted by atomic mass is 9.77. The lowest BCUT2D eigenvalue weighted by Crippen LogP contribution is -2.56. The molecule has 0 spiro atoms. The number of nitrogens with two attached hydrogens (primary N) is 1. The molecule has 2 unspecified atom stereocenters. The fourth-order valence-corrected chi connectivity index (χ4v) is 5.17. The summed E-state index contributed by atoms with van der Waals surface area (Å²) in [6.45, 7) is 0.921. The Balaban J connectivity index is 1.84. The molecule has 0 aromatic heterocycles. The highest BCUT2D eigenvalue weighted by Gasteiger charge is 2.48. The van der Waals surface area contributed by atoms with Gasteiger partial charge < -0.3 is 10.6 Å². The molecule has 1 aliphatic heterocycles. The Hall–Kier alpha value is -0.640. The molecule has 3 rings (SSSR count). The van der Waals surface area contributed by atoms with Crippen LogP contribution in [0, 0.1) is 11.3 Å². The molecular weight excluding hydrogens is 280 g/mol. The number of carbonyl (C=O) groups excluding carboxylic acids is 1. The van der Waals surface area contributed by atoms with E-state index in [-0.39, 0.29) is 5.91 Å². The summed E-state index contributed by atoms with van der Waals surface area (Å²) < 4.78 is 0. The minimum Gasteiger partial charge on any atom is -0.392 e. The van der Waals surface area contributed by atoms with Gasteiger partial charge in [-0.3, -0.25) is 4.79 Å². The van der Waals surface area contributed by atoms with Crippen LogP contribution in [0.2, 0.25) is 0 Å². The van der Waals surface area contributed by atoms with Crippen molar-refractivity contribution in [2.45, 2.75) is 76.7 Å². The summed E-state index contributed by atoms with van der Waals surface area (Å²) in [6, 6.07) is 0.473. The quantitative estimate of drug-likeness (QED) is 0.628. The van der Waals surface area contributed by atoms with Gasteiger partial charge in [0, 0.05) is 12.6 Å². The molecule has 2 aliphatic carbocycles. The third kappa shape index (κ3) is 2.71. The Morgan fingerprint density at radius 1 is 1.00 bits per heavy atom. The molecule has 0 bridgehead atoms. The highest BCUT2D eigenvalue weighted by Crippen LogP contribution is 2.42. The Labute approximate surface area is 133 Å². The normalized spacial score (nSPS) is 32.3. The van der Waals surface area contributed by atoms with Crippen molar-refractivity contribution in [1.29, 1.82) is 0 Å². The van der Waals surface area contributed by atoms with Crippen molar-refractivity contribution in [2.24, 2.45) is 17.1 Å². The van der Waals surface area contributed by atoms with Crippen molar-refractivity contribution in [3.05, 3.63) is 0 Å². The fraction of sp³-hybridized carbons (Fsp3) is 0.882. The maximum atomic E-state index is 13.4. The molecule has 118 valence electrons. The molecule has 1 amide bonds. The zero-order chi connectivity index (χ0) is 14.9. The Kier molecular flexibility index (Phi) is 4.53. The number of rotatable bonds is 2. The van der Waals surface area contributed by atoms with E-state index in [9.17, 15) is 4.79 Å². The zero-order valence-electron chi connectivity index (χ0n) is 13.0. The SMILES string of the molecule is NC(=S)C1(C(=O)N2CCCC3CCCC32)CCCCCC1. The number of fused-ring (bicyclic) bond motifs is 1. The van der Waals surface area contributed by atoms with E-state index in [0.29, 0.717) is 11.0 Å². The van der Waals surface area contributed by atoms with Gasteiger partial charge in [0.1, 0.15) is 0 Å². The van der Waals surface area contributed by atoms with Crippen molar-refractivity contribution in [3.63, 3.8) is 0 Å². The van der Waals surface area contributed by atoms with Crippen LogP contribution in [-0.2, 0) is 4.79 Å². The first kappa shape index (κ1) is 15.3. The molecule has 3 fully saturated rings. The van der Waals surface area contributed by atoms with E-state index in [0.717, 1.165) is 44.6 Å². The monoisotopic (exact) mass is 308 g/mol. The van der Waals surface area contributed by atoms with Crippen LogP contribution in [0.4, 0.5) is 0 Å². The summed E-state index contributed by atoms with van der Waals surface area (Å²) in [5.74, 6) is 1.00. The number of likely N-dealkylation sites (tertiary alicyclic amines) is 1. The van der Waals surface area contributed by atoms with E-state index in [4.69, 9.17) is 18.0 Å². The summed E-state index contributed by atoms with van der Waals surface area (Å²) in [6.07, 6.45) is 12.6. The Morgan fingerprint density at radius 3 is 2.33 bits per heavy atom. The van der Waals surface area contributed by atoms with Gasteiger partial charge in [0.05, 0.1) is 10.4 Å². The second-order valence-electron chi connectivity index (χ2n) is 7.26. The highest BCUT2D eigenvalue weighted by atomic mass is 32.1. The van der Waals surface area contributed by atoms with Crippen LogP contribution in [0.1, 0.15) is 70.6 Å². The molecule has 0 aromatic rings. The van der Waals surface area contributed by atoms with Crippen molar-refractivity contribution >= 4 is 23.1 Å². The van der Waals surface area contributed by atoms with Crippen molar-refractivity contribution < 1.29 is 4.79 Å². The number of carbonyl (C=O) groups is 1. The second-order valence-corrected chi connectivity index (χ2v) is 7.70. The number of piperidine rings is 1. The number of hydrogen-bond acceptors (Lipinski definition) is 2. The van der Waals surface area contributed by atoms with Gasteiger partial charge in [0.2, 0.25) is 5.91 Å². The van der Waals surface area contributed by atoms with E-state index in [1.165, 1.54) is 38.5 Å². The van der Waals surface area contributed by atoms with E-state index < -0.39 is 5.41 Å². The van der Waals surface area contributed by atoms with Gasteiger partial charge >= 0.3 is 0 Å². The maximum Gasteiger partial charge on any atom is 0.235 e. The van der Waals surface area contributed by atoms with Gasteiger partial charge in [-0.2, -0.15) is 0 Å². The molecular formula is C17H28N2OS. The first-order chi connectivity index (χ1) is 10.1. The first-order valence-corrected chi connectivity index (χ1v) is 9.17. The average Bonchev–Trinajstić information content (AvgIpc) is 2.82. The fourth-order valence-electron chi connectivity index (χ4n) is 4.88. The van der Waals surface area contributed by atoms with Gasteiger partial charge in [-0.25, -0.2) is 0 Å². The summed E-state index contributed by atoms with van der Waals surface area (Å²) in [5, 5.41) is 0. The van der Waals surface area contributed by atoms with Crippen LogP contribution in [0.3, 0.4) is 0 Å². The van der Waals surface area contributed by atoms with Crippen LogP contribution < -0.4 is 5.73 Å². The Morgan fingerprint density at radius 2 is 1.67 bits per heavy atom. The van der Waals surface area contributed by atoms with Gasteiger partial charge in [-0.05, 0) is 44.4 Å². The van der Waals surface area contributed by atoms with Crippen molar-refractivity contribution in [2.75, 3.05) is 6.54 Å². The van der Waals surface area contributed by atoms with Crippen LogP contribution >= 0.6 is 12.2 Å². The summed E-state index contributed by atoms with van der Waals surface area (Å²) in [5.41, 5.74) is 5.57. The van der Waals surface area contributed by atoms with E-state index in [1.54, 1.807) is 0 Å². The van der Waals surface area contributed by atoms with Gasteiger partial charge in [0.15, 0.2) is 0 Å². The predicted octanol–water partition coefficient (Wildman–Crippen LogP) is 3.40. The maximum absolute atomic E-state index is 13.4. The zero-order valence-corrected chi connectivity index (χ0v) is 13.8. The van der Waals surface area contributed by atoms with Crippen molar-refractivity contribution in [1.82, 2.24) is 4.90 Å². The minimum absolute atomic E-state index is 0.272. The van der Waals surface area contributed by atoms with Crippen LogP contribution in [-0.4, -0.2) is 28.4 Å². The number of hydrogen-bond donors (Lipinski definition) is 1. The lowest BCUT2D eigenvalue weighted by molar-refractivity contribution is -0.143.